The molecule has 3 nitrogen and oxygen atoms in total. The molecule has 0 saturated carbocycles. The zero-order valence-electron chi connectivity index (χ0n) is 11.8. The second-order valence-electron chi connectivity index (χ2n) is 4.66. The predicted molar refractivity (Wildman–Crippen MR) is 77.4 cm³/mol. The van der Waals surface area contributed by atoms with E-state index >= 15 is 0 Å². The van der Waals surface area contributed by atoms with E-state index in [1.807, 2.05) is 25.1 Å². The van der Waals surface area contributed by atoms with Crippen LogP contribution in [0.5, 0.6) is 5.75 Å². The molecule has 0 bridgehead atoms. The zero-order chi connectivity index (χ0) is 14.3. The van der Waals surface area contributed by atoms with Crippen LogP contribution in [0.4, 0.5) is 0 Å². The van der Waals surface area contributed by atoms with Crippen LogP contribution >= 0.6 is 0 Å². The fourth-order valence-electron chi connectivity index (χ4n) is 1.89. The standard InChI is InChI=1S/C16H22O3/c1-4-13(5-2)11-19-16-12(3)7-6-8-14(16)9-10-15(17)18/h6-10,13H,4-5,11H2,1-3H3,(H,17,18)/b10-9+. The summed E-state index contributed by atoms with van der Waals surface area (Å²) in [5.74, 6) is 0.371. The molecule has 0 aliphatic carbocycles. The number of rotatable bonds is 7. The molecule has 0 atom stereocenters. The molecule has 0 saturated heterocycles. The third-order valence-corrected chi connectivity index (χ3v) is 3.27. The van der Waals surface area contributed by atoms with Gasteiger partial charge >= 0.3 is 5.97 Å². The minimum absolute atomic E-state index is 0.538. The lowest BCUT2D eigenvalue weighted by atomic mass is 10.0. The molecule has 104 valence electrons. The first-order valence-electron chi connectivity index (χ1n) is 6.71. The van der Waals surface area contributed by atoms with E-state index < -0.39 is 5.97 Å². The number of ether oxygens (including phenoxy) is 1. The van der Waals surface area contributed by atoms with Crippen LogP contribution in [0.25, 0.3) is 6.08 Å². The first kappa shape index (κ1) is 15.3. The lowest BCUT2D eigenvalue weighted by Crippen LogP contribution is -2.11. The van der Waals surface area contributed by atoms with Gasteiger partial charge in [0.1, 0.15) is 5.75 Å². The molecule has 1 N–H and O–H groups in total. The molecule has 0 unspecified atom stereocenters. The van der Waals surface area contributed by atoms with Gasteiger partial charge in [0.05, 0.1) is 6.61 Å². The van der Waals surface area contributed by atoms with Crippen molar-refractivity contribution in [3.63, 3.8) is 0 Å². The Bertz CT molecular complexity index is 445. The highest BCUT2D eigenvalue weighted by atomic mass is 16.5. The molecule has 0 aliphatic rings. The van der Waals surface area contributed by atoms with Crippen molar-refractivity contribution < 1.29 is 14.6 Å². The SMILES string of the molecule is CCC(CC)COc1c(C)cccc1/C=C/C(=O)O. The van der Waals surface area contributed by atoms with Gasteiger partial charge in [-0.2, -0.15) is 0 Å². The van der Waals surface area contributed by atoms with Crippen LogP contribution < -0.4 is 4.74 Å². The van der Waals surface area contributed by atoms with Crippen molar-refractivity contribution in [3.8, 4) is 5.75 Å². The van der Waals surface area contributed by atoms with E-state index in [2.05, 4.69) is 13.8 Å². The number of hydrogen-bond donors (Lipinski definition) is 1. The number of para-hydroxylation sites is 1. The average Bonchev–Trinajstić information content (AvgIpc) is 2.39. The fourth-order valence-corrected chi connectivity index (χ4v) is 1.89. The largest absolute Gasteiger partial charge is 0.492 e. The van der Waals surface area contributed by atoms with Gasteiger partial charge < -0.3 is 9.84 Å². The highest BCUT2D eigenvalue weighted by molar-refractivity contribution is 5.86. The van der Waals surface area contributed by atoms with Crippen LogP contribution in [0.15, 0.2) is 24.3 Å². The number of carboxylic acids is 1. The van der Waals surface area contributed by atoms with Gasteiger partial charge in [0.15, 0.2) is 0 Å². The summed E-state index contributed by atoms with van der Waals surface area (Å²) in [6, 6.07) is 5.75. The first-order valence-corrected chi connectivity index (χ1v) is 6.71. The molecule has 1 rings (SSSR count). The van der Waals surface area contributed by atoms with Gasteiger partial charge in [-0.05, 0) is 24.5 Å². The maximum Gasteiger partial charge on any atom is 0.328 e. The van der Waals surface area contributed by atoms with E-state index in [4.69, 9.17) is 9.84 Å². The van der Waals surface area contributed by atoms with Crippen molar-refractivity contribution in [2.24, 2.45) is 5.92 Å². The normalized spacial score (nSPS) is 11.2. The Morgan fingerprint density at radius 2 is 2.05 bits per heavy atom. The Hall–Kier alpha value is -1.77. The van der Waals surface area contributed by atoms with E-state index in [1.54, 1.807) is 6.08 Å². The summed E-state index contributed by atoms with van der Waals surface area (Å²) in [7, 11) is 0. The van der Waals surface area contributed by atoms with Crippen LogP contribution in [0.3, 0.4) is 0 Å². The Balaban J connectivity index is 2.88. The van der Waals surface area contributed by atoms with Crippen molar-refractivity contribution in [2.45, 2.75) is 33.6 Å². The van der Waals surface area contributed by atoms with Crippen LogP contribution in [-0.4, -0.2) is 17.7 Å². The third kappa shape index (κ3) is 4.78. The Kier molecular flexibility index (Phi) is 6.13. The van der Waals surface area contributed by atoms with Crippen molar-refractivity contribution in [1.29, 1.82) is 0 Å². The third-order valence-electron chi connectivity index (χ3n) is 3.27. The lowest BCUT2D eigenvalue weighted by molar-refractivity contribution is -0.131. The number of hydrogen-bond acceptors (Lipinski definition) is 2. The van der Waals surface area contributed by atoms with Gasteiger partial charge in [0.25, 0.3) is 0 Å². The molecule has 0 radical (unpaired) electrons. The van der Waals surface area contributed by atoms with Gasteiger partial charge in [-0.3, -0.25) is 0 Å². The van der Waals surface area contributed by atoms with Crippen molar-refractivity contribution in [3.05, 3.63) is 35.4 Å². The minimum Gasteiger partial charge on any atom is -0.492 e. The molecule has 0 heterocycles. The Labute approximate surface area is 114 Å². The summed E-state index contributed by atoms with van der Waals surface area (Å²) in [5.41, 5.74) is 1.84. The molecule has 0 aromatic heterocycles. The molecular weight excluding hydrogens is 240 g/mol. The summed E-state index contributed by atoms with van der Waals surface area (Å²) >= 11 is 0. The second-order valence-corrected chi connectivity index (χ2v) is 4.66. The fraction of sp³-hybridized carbons (Fsp3) is 0.438. The summed E-state index contributed by atoms with van der Waals surface area (Å²) in [5, 5.41) is 8.70. The highest BCUT2D eigenvalue weighted by Crippen LogP contribution is 2.25. The molecule has 0 amide bonds. The number of carbonyl (C=O) groups is 1. The average molecular weight is 262 g/mol. The number of carboxylic acid groups (broad SMARTS) is 1. The van der Waals surface area contributed by atoms with Gasteiger partial charge in [0.2, 0.25) is 0 Å². The molecule has 0 fully saturated rings. The zero-order valence-corrected chi connectivity index (χ0v) is 11.8. The Morgan fingerprint density at radius 1 is 1.37 bits per heavy atom. The predicted octanol–water partition coefficient (Wildman–Crippen LogP) is 3.91. The van der Waals surface area contributed by atoms with Crippen molar-refractivity contribution >= 4 is 12.0 Å². The summed E-state index contributed by atoms with van der Waals surface area (Å²) < 4.78 is 5.90. The summed E-state index contributed by atoms with van der Waals surface area (Å²) in [6.45, 7) is 6.95. The van der Waals surface area contributed by atoms with Crippen LogP contribution in [0, 0.1) is 12.8 Å². The van der Waals surface area contributed by atoms with Gasteiger partial charge in [-0.1, -0.05) is 44.9 Å². The van der Waals surface area contributed by atoms with E-state index in [0.717, 1.165) is 35.8 Å². The lowest BCUT2D eigenvalue weighted by Gasteiger charge is -2.17. The molecule has 1 aromatic carbocycles. The molecule has 3 heteroatoms. The molecule has 19 heavy (non-hydrogen) atoms. The van der Waals surface area contributed by atoms with Gasteiger partial charge in [0, 0.05) is 11.6 Å². The van der Waals surface area contributed by atoms with Crippen LogP contribution in [-0.2, 0) is 4.79 Å². The topological polar surface area (TPSA) is 46.5 Å². The van der Waals surface area contributed by atoms with Crippen LogP contribution in [0.2, 0.25) is 0 Å². The van der Waals surface area contributed by atoms with E-state index in [9.17, 15) is 4.79 Å². The monoisotopic (exact) mass is 262 g/mol. The maximum absolute atomic E-state index is 10.6. The summed E-state index contributed by atoms with van der Waals surface area (Å²) in [4.78, 5) is 10.6. The number of aliphatic carboxylic acids is 1. The van der Waals surface area contributed by atoms with Gasteiger partial charge in [-0.15, -0.1) is 0 Å². The highest BCUT2D eigenvalue weighted by Gasteiger charge is 2.09. The van der Waals surface area contributed by atoms with Crippen LogP contribution in [0.1, 0.15) is 37.8 Å². The Morgan fingerprint density at radius 3 is 2.63 bits per heavy atom. The molecule has 0 aliphatic heterocycles. The quantitative estimate of drug-likeness (QED) is 0.758. The van der Waals surface area contributed by atoms with Gasteiger partial charge in [-0.25, -0.2) is 4.79 Å². The number of benzene rings is 1. The van der Waals surface area contributed by atoms with Crippen molar-refractivity contribution in [2.75, 3.05) is 6.61 Å². The molecule has 1 aromatic rings. The minimum atomic E-state index is -0.951. The smallest absolute Gasteiger partial charge is 0.328 e. The second kappa shape index (κ2) is 7.62. The summed E-state index contributed by atoms with van der Waals surface area (Å²) in [6.07, 6.45) is 4.89. The first-order chi connectivity index (χ1) is 9.08. The van der Waals surface area contributed by atoms with E-state index in [-0.39, 0.29) is 0 Å². The van der Waals surface area contributed by atoms with E-state index in [1.165, 1.54) is 0 Å². The molecule has 0 spiro atoms. The maximum atomic E-state index is 10.6. The van der Waals surface area contributed by atoms with E-state index in [0.29, 0.717) is 12.5 Å². The number of aryl methyl sites for hydroxylation is 1. The molecular formula is C16H22O3. The van der Waals surface area contributed by atoms with Crippen molar-refractivity contribution in [1.82, 2.24) is 0 Å².